The van der Waals surface area contributed by atoms with Crippen LogP contribution in [0.3, 0.4) is 0 Å². The highest BCUT2D eigenvalue weighted by Crippen LogP contribution is 2.25. The molecule has 6 heteroatoms. The third kappa shape index (κ3) is 4.02. The summed E-state index contributed by atoms with van der Waals surface area (Å²) in [4.78, 5) is 16.6. The fraction of sp³-hybridized carbons (Fsp3) is 0.222. The zero-order chi connectivity index (χ0) is 16.8. The fourth-order valence-corrected chi connectivity index (χ4v) is 3.02. The lowest BCUT2D eigenvalue weighted by atomic mass is 10.2. The molecular formula is C18H18N2O3S. The van der Waals surface area contributed by atoms with E-state index >= 15 is 0 Å². The van der Waals surface area contributed by atoms with Gasteiger partial charge in [0.25, 0.3) is 5.91 Å². The van der Waals surface area contributed by atoms with Crippen molar-refractivity contribution in [3.05, 3.63) is 59.5 Å². The van der Waals surface area contributed by atoms with Crippen LogP contribution < -0.4 is 10.1 Å². The van der Waals surface area contributed by atoms with Gasteiger partial charge in [-0.15, -0.1) is 11.3 Å². The van der Waals surface area contributed by atoms with E-state index in [0.29, 0.717) is 25.3 Å². The number of ether oxygens (including phenoxy) is 1. The van der Waals surface area contributed by atoms with Gasteiger partial charge in [-0.05, 0) is 43.3 Å². The number of hydrogen-bond donors (Lipinski definition) is 1. The Morgan fingerprint density at radius 3 is 2.83 bits per heavy atom. The topological polar surface area (TPSA) is 64.4 Å². The molecule has 0 bridgehead atoms. The van der Waals surface area contributed by atoms with E-state index in [1.54, 1.807) is 11.6 Å². The largest absolute Gasteiger partial charge is 0.494 e. The second-order valence-electron chi connectivity index (χ2n) is 5.08. The lowest BCUT2D eigenvalue weighted by Crippen LogP contribution is -2.25. The Bertz CT molecular complexity index is 779. The number of amides is 1. The molecule has 3 rings (SSSR count). The molecule has 2 heterocycles. The monoisotopic (exact) mass is 342 g/mol. The van der Waals surface area contributed by atoms with Crippen molar-refractivity contribution >= 4 is 17.2 Å². The maximum Gasteiger partial charge on any atom is 0.270 e. The van der Waals surface area contributed by atoms with E-state index in [4.69, 9.17) is 9.15 Å². The minimum atomic E-state index is -0.171. The molecule has 0 aliphatic rings. The molecule has 2 aromatic heterocycles. The Kier molecular flexibility index (Phi) is 5.28. The van der Waals surface area contributed by atoms with Crippen LogP contribution in [0, 0.1) is 0 Å². The molecule has 0 fully saturated rings. The summed E-state index contributed by atoms with van der Waals surface area (Å²) in [5.41, 5.74) is 1.40. The molecule has 0 spiro atoms. The van der Waals surface area contributed by atoms with E-state index in [-0.39, 0.29) is 5.91 Å². The zero-order valence-corrected chi connectivity index (χ0v) is 14.1. The summed E-state index contributed by atoms with van der Waals surface area (Å²) in [7, 11) is 0. The van der Waals surface area contributed by atoms with E-state index in [1.165, 1.54) is 11.3 Å². The van der Waals surface area contributed by atoms with Gasteiger partial charge < -0.3 is 14.5 Å². The summed E-state index contributed by atoms with van der Waals surface area (Å²) in [5, 5.41) is 5.44. The average Bonchev–Trinajstić information content (AvgIpc) is 3.27. The van der Waals surface area contributed by atoms with Gasteiger partial charge in [0, 0.05) is 23.9 Å². The summed E-state index contributed by atoms with van der Waals surface area (Å²) in [6, 6.07) is 11.4. The first-order valence-corrected chi connectivity index (χ1v) is 8.63. The van der Waals surface area contributed by atoms with Gasteiger partial charge in [-0.1, -0.05) is 0 Å². The predicted octanol–water partition coefficient (Wildman–Crippen LogP) is 3.77. The minimum absolute atomic E-state index is 0.171. The molecule has 124 valence electrons. The number of carbonyl (C=O) groups excluding carboxylic acids is 1. The van der Waals surface area contributed by atoms with E-state index in [1.807, 2.05) is 43.3 Å². The van der Waals surface area contributed by atoms with Crippen LogP contribution >= 0.6 is 11.3 Å². The average molecular weight is 342 g/mol. The van der Waals surface area contributed by atoms with Crippen molar-refractivity contribution in [1.82, 2.24) is 10.3 Å². The molecule has 0 unspecified atom stereocenters. The predicted molar refractivity (Wildman–Crippen MR) is 93.5 cm³/mol. The first-order valence-electron chi connectivity index (χ1n) is 7.75. The Hall–Kier alpha value is -2.60. The first-order chi connectivity index (χ1) is 11.8. The maximum absolute atomic E-state index is 12.1. The lowest BCUT2D eigenvalue weighted by Gasteiger charge is -2.03. The highest BCUT2D eigenvalue weighted by molar-refractivity contribution is 7.13. The summed E-state index contributed by atoms with van der Waals surface area (Å²) in [6.45, 7) is 3.10. The SMILES string of the molecule is CCOc1ccc(-c2nc(C(=O)NCCc3ccco3)cs2)cc1. The Morgan fingerprint density at radius 2 is 2.12 bits per heavy atom. The molecule has 0 atom stereocenters. The number of nitrogens with one attached hydrogen (secondary N) is 1. The van der Waals surface area contributed by atoms with Crippen molar-refractivity contribution in [3.8, 4) is 16.3 Å². The van der Waals surface area contributed by atoms with Gasteiger partial charge in [-0.3, -0.25) is 4.79 Å². The summed E-state index contributed by atoms with van der Waals surface area (Å²) in [5.74, 6) is 1.51. The van der Waals surface area contributed by atoms with Crippen LogP contribution in [0.4, 0.5) is 0 Å². The molecule has 0 saturated carbocycles. The van der Waals surface area contributed by atoms with Crippen molar-refractivity contribution in [3.63, 3.8) is 0 Å². The van der Waals surface area contributed by atoms with E-state index in [0.717, 1.165) is 22.1 Å². The quantitative estimate of drug-likeness (QED) is 0.710. The molecule has 0 aliphatic heterocycles. The molecule has 0 saturated heterocycles. The Labute approximate surface area is 144 Å². The van der Waals surface area contributed by atoms with Gasteiger partial charge in [0.15, 0.2) is 0 Å². The number of carbonyl (C=O) groups is 1. The highest BCUT2D eigenvalue weighted by atomic mass is 32.1. The van der Waals surface area contributed by atoms with Gasteiger partial charge in [-0.25, -0.2) is 4.98 Å². The number of rotatable bonds is 7. The normalized spacial score (nSPS) is 10.5. The van der Waals surface area contributed by atoms with Gasteiger partial charge in [0.1, 0.15) is 22.2 Å². The number of nitrogens with zero attached hydrogens (tertiary/aromatic N) is 1. The molecule has 1 amide bonds. The van der Waals surface area contributed by atoms with Gasteiger partial charge in [0.05, 0.1) is 12.9 Å². The van der Waals surface area contributed by atoms with E-state index in [2.05, 4.69) is 10.3 Å². The van der Waals surface area contributed by atoms with Crippen LogP contribution in [-0.2, 0) is 6.42 Å². The van der Waals surface area contributed by atoms with Crippen LogP contribution in [0.2, 0.25) is 0 Å². The van der Waals surface area contributed by atoms with Gasteiger partial charge >= 0.3 is 0 Å². The summed E-state index contributed by atoms with van der Waals surface area (Å²) >= 11 is 1.45. The van der Waals surface area contributed by atoms with Crippen LogP contribution in [0.5, 0.6) is 5.75 Å². The van der Waals surface area contributed by atoms with Crippen LogP contribution in [0.1, 0.15) is 23.2 Å². The van der Waals surface area contributed by atoms with Crippen LogP contribution in [0.15, 0.2) is 52.5 Å². The molecule has 1 N–H and O–H groups in total. The molecule has 24 heavy (non-hydrogen) atoms. The van der Waals surface area contributed by atoms with Crippen molar-refractivity contribution in [1.29, 1.82) is 0 Å². The molecule has 5 nitrogen and oxygen atoms in total. The third-order valence-electron chi connectivity index (χ3n) is 3.39. The maximum atomic E-state index is 12.1. The number of thiazole rings is 1. The Balaban J connectivity index is 1.58. The van der Waals surface area contributed by atoms with Crippen molar-refractivity contribution < 1.29 is 13.9 Å². The number of benzene rings is 1. The second-order valence-corrected chi connectivity index (χ2v) is 5.94. The first kappa shape index (κ1) is 16.3. The molecular weight excluding hydrogens is 324 g/mol. The molecule has 3 aromatic rings. The van der Waals surface area contributed by atoms with Crippen molar-refractivity contribution in [2.24, 2.45) is 0 Å². The second kappa shape index (κ2) is 7.79. The standard InChI is InChI=1S/C18H18N2O3S/c1-2-22-15-7-5-13(6-8-15)18-20-16(12-24-18)17(21)19-10-9-14-4-3-11-23-14/h3-8,11-12H,2,9-10H2,1H3,(H,19,21). The van der Waals surface area contributed by atoms with Crippen LogP contribution in [0.25, 0.3) is 10.6 Å². The zero-order valence-electron chi connectivity index (χ0n) is 13.3. The number of hydrogen-bond acceptors (Lipinski definition) is 5. The number of aromatic nitrogens is 1. The molecule has 0 radical (unpaired) electrons. The highest BCUT2D eigenvalue weighted by Gasteiger charge is 2.11. The van der Waals surface area contributed by atoms with Crippen molar-refractivity contribution in [2.75, 3.05) is 13.2 Å². The van der Waals surface area contributed by atoms with Crippen LogP contribution in [-0.4, -0.2) is 24.0 Å². The lowest BCUT2D eigenvalue weighted by molar-refractivity contribution is 0.0949. The smallest absolute Gasteiger partial charge is 0.270 e. The van der Waals surface area contributed by atoms with Gasteiger partial charge in [-0.2, -0.15) is 0 Å². The fourth-order valence-electron chi connectivity index (χ4n) is 2.22. The minimum Gasteiger partial charge on any atom is -0.494 e. The van der Waals surface area contributed by atoms with Crippen molar-refractivity contribution in [2.45, 2.75) is 13.3 Å². The van der Waals surface area contributed by atoms with E-state index < -0.39 is 0 Å². The summed E-state index contributed by atoms with van der Waals surface area (Å²) in [6.07, 6.45) is 2.29. The molecule has 0 aliphatic carbocycles. The van der Waals surface area contributed by atoms with E-state index in [9.17, 15) is 4.79 Å². The third-order valence-corrected chi connectivity index (χ3v) is 4.28. The number of furan rings is 1. The molecule has 1 aromatic carbocycles. The Morgan fingerprint density at radius 1 is 1.29 bits per heavy atom. The van der Waals surface area contributed by atoms with Gasteiger partial charge in [0.2, 0.25) is 0 Å². The summed E-state index contributed by atoms with van der Waals surface area (Å²) < 4.78 is 10.7.